The van der Waals surface area contributed by atoms with Crippen molar-refractivity contribution < 1.29 is 4.79 Å². The molecule has 0 bridgehead atoms. The maximum absolute atomic E-state index is 12.7. The standard InChI is InChI=1S/C17H25N3O/c1-12-4-3-5-14(10-12)20(2)17(21)13-6-7-15-16(11-13)19-9-8-18-15/h6-7,11-12,14,18-19H,3-5,8-10H2,1-2H3. The zero-order valence-corrected chi connectivity index (χ0v) is 13.0. The lowest BCUT2D eigenvalue weighted by atomic mass is 9.86. The molecule has 0 radical (unpaired) electrons. The smallest absolute Gasteiger partial charge is 0.253 e. The van der Waals surface area contributed by atoms with Crippen molar-refractivity contribution in [2.24, 2.45) is 5.92 Å². The number of fused-ring (bicyclic) bond motifs is 1. The molecule has 0 aromatic heterocycles. The zero-order valence-electron chi connectivity index (χ0n) is 13.0. The lowest BCUT2D eigenvalue weighted by Gasteiger charge is -2.34. The molecule has 1 aliphatic heterocycles. The van der Waals surface area contributed by atoms with Crippen molar-refractivity contribution in [2.45, 2.75) is 38.6 Å². The van der Waals surface area contributed by atoms with Crippen LogP contribution >= 0.6 is 0 Å². The summed E-state index contributed by atoms with van der Waals surface area (Å²) in [5, 5.41) is 6.69. The van der Waals surface area contributed by atoms with E-state index in [0.717, 1.165) is 48.8 Å². The van der Waals surface area contributed by atoms with Crippen LogP contribution in [0, 0.1) is 5.92 Å². The van der Waals surface area contributed by atoms with Gasteiger partial charge >= 0.3 is 0 Å². The van der Waals surface area contributed by atoms with Crippen LogP contribution < -0.4 is 10.6 Å². The van der Waals surface area contributed by atoms with Gasteiger partial charge in [0.2, 0.25) is 0 Å². The van der Waals surface area contributed by atoms with Crippen molar-refractivity contribution in [3.63, 3.8) is 0 Å². The SMILES string of the molecule is CC1CCCC(N(C)C(=O)c2ccc3c(c2)NCCN3)C1. The van der Waals surface area contributed by atoms with E-state index in [-0.39, 0.29) is 5.91 Å². The van der Waals surface area contributed by atoms with Crippen LogP contribution in [0.2, 0.25) is 0 Å². The second-order valence-corrected chi connectivity index (χ2v) is 6.46. The minimum absolute atomic E-state index is 0.143. The minimum atomic E-state index is 0.143. The molecule has 1 heterocycles. The van der Waals surface area contributed by atoms with E-state index in [0.29, 0.717) is 6.04 Å². The molecule has 3 rings (SSSR count). The van der Waals surface area contributed by atoms with Crippen molar-refractivity contribution in [1.29, 1.82) is 0 Å². The Kier molecular flexibility index (Phi) is 4.04. The molecule has 2 unspecified atom stereocenters. The van der Waals surface area contributed by atoms with E-state index in [4.69, 9.17) is 0 Å². The molecular weight excluding hydrogens is 262 g/mol. The van der Waals surface area contributed by atoms with Gasteiger partial charge in [-0.25, -0.2) is 0 Å². The fourth-order valence-corrected chi connectivity index (χ4v) is 3.50. The van der Waals surface area contributed by atoms with Crippen LogP contribution in [-0.4, -0.2) is 37.0 Å². The largest absolute Gasteiger partial charge is 0.382 e. The Balaban J connectivity index is 1.75. The first-order chi connectivity index (χ1) is 10.1. The van der Waals surface area contributed by atoms with E-state index in [9.17, 15) is 4.79 Å². The third kappa shape index (κ3) is 2.99. The third-order valence-electron chi connectivity index (χ3n) is 4.80. The highest BCUT2D eigenvalue weighted by Gasteiger charge is 2.26. The van der Waals surface area contributed by atoms with E-state index < -0.39 is 0 Å². The van der Waals surface area contributed by atoms with Crippen LogP contribution in [0.4, 0.5) is 11.4 Å². The van der Waals surface area contributed by atoms with E-state index in [1.165, 1.54) is 12.8 Å². The molecule has 21 heavy (non-hydrogen) atoms. The van der Waals surface area contributed by atoms with E-state index >= 15 is 0 Å². The molecule has 2 atom stereocenters. The molecule has 0 saturated heterocycles. The number of hydrogen-bond donors (Lipinski definition) is 2. The van der Waals surface area contributed by atoms with Crippen molar-refractivity contribution >= 4 is 17.3 Å². The number of carbonyl (C=O) groups is 1. The van der Waals surface area contributed by atoms with Crippen molar-refractivity contribution in [3.05, 3.63) is 23.8 Å². The summed E-state index contributed by atoms with van der Waals surface area (Å²) in [6.45, 7) is 4.12. The molecule has 0 spiro atoms. The Morgan fingerprint density at radius 3 is 2.71 bits per heavy atom. The Morgan fingerprint density at radius 2 is 1.95 bits per heavy atom. The van der Waals surface area contributed by atoms with Crippen molar-refractivity contribution in [3.8, 4) is 0 Å². The van der Waals surface area contributed by atoms with Gasteiger partial charge in [0.05, 0.1) is 11.4 Å². The highest BCUT2D eigenvalue weighted by atomic mass is 16.2. The van der Waals surface area contributed by atoms with Crippen LogP contribution in [0.5, 0.6) is 0 Å². The van der Waals surface area contributed by atoms with Crippen molar-refractivity contribution in [1.82, 2.24) is 4.90 Å². The highest BCUT2D eigenvalue weighted by Crippen LogP contribution is 2.29. The fraction of sp³-hybridized carbons (Fsp3) is 0.588. The maximum atomic E-state index is 12.7. The average molecular weight is 287 g/mol. The molecule has 1 saturated carbocycles. The molecule has 114 valence electrons. The quantitative estimate of drug-likeness (QED) is 0.878. The molecular formula is C17H25N3O. The molecule has 2 N–H and O–H groups in total. The van der Waals surface area contributed by atoms with Gasteiger partial charge in [-0.05, 0) is 37.0 Å². The van der Waals surface area contributed by atoms with Gasteiger partial charge < -0.3 is 15.5 Å². The van der Waals surface area contributed by atoms with Crippen molar-refractivity contribution in [2.75, 3.05) is 30.8 Å². The third-order valence-corrected chi connectivity index (χ3v) is 4.80. The summed E-state index contributed by atoms with van der Waals surface area (Å²) in [6, 6.07) is 6.31. The molecule has 1 amide bonds. The van der Waals surface area contributed by atoms with Crippen LogP contribution in [0.1, 0.15) is 43.0 Å². The molecule has 4 heteroatoms. The minimum Gasteiger partial charge on any atom is -0.382 e. The van der Waals surface area contributed by atoms with Gasteiger partial charge in [0, 0.05) is 31.7 Å². The van der Waals surface area contributed by atoms with E-state index in [1.807, 2.05) is 30.1 Å². The van der Waals surface area contributed by atoms with E-state index in [2.05, 4.69) is 17.6 Å². The Hall–Kier alpha value is -1.71. The Morgan fingerprint density at radius 1 is 1.19 bits per heavy atom. The summed E-state index contributed by atoms with van der Waals surface area (Å²) in [5.74, 6) is 0.873. The molecule has 1 fully saturated rings. The van der Waals surface area contributed by atoms with Crippen LogP contribution in [-0.2, 0) is 0 Å². The number of nitrogens with zero attached hydrogens (tertiary/aromatic N) is 1. The van der Waals surface area contributed by atoms with Crippen LogP contribution in [0.15, 0.2) is 18.2 Å². The first kappa shape index (κ1) is 14.2. The molecule has 1 aromatic rings. The number of anilines is 2. The topological polar surface area (TPSA) is 44.4 Å². The summed E-state index contributed by atoms with van der Waals surface area (Å²) >= 11 is 0. The molecule has 4 nitrogen and oxygen atoms in total. The average Bonchev–Trinajstić information content (AvgIpc) is 2.53. The first-order valence-electron chi connectivity index (χ1n) is 8.04. The zero-order chi connectivity index (χ0) is 14.8. The lowest BCUT2D eigenvalue weighted by molar-refractivity contribution is 0.0672. The number of hydrogen-bond acceptors (Lipinski definition) is 3. The van der Waals surface area contributed by atoms with Gasteiger partial charge in [0.15, 0.2) is 0 Å². The number of amides is 1. The van der Waals surface area contributed by atoms with Crippen LogP contribution in [0.3, 0.4) is 0 Å². The number of benzene rings is 1. The number of carbonyl (C=O) groups excluding carboxylic acids is 1. The van der Waals surface area contributed by atoms with Gasteiger partial charge in [0.1, 0.15) is 0 Å². The van der Waals surface area contributed by atoms with Gasteiger partial charge in [-0.15, -0.1) is 0 Å². The normalized spacial score (nSPS) is 24.5. The number of rotatable bonds is 2. The molecule has 2 aliphatic rings. The Labute approximate surface area is 126 Å². The summed E-state index contributed by atoms with van der Waals surface area (Å²) in [5.41, 5.74) is 2.91. The predicted octanol–water partition coefficient (Wildman–Crippen LogP) is 3.17. The highest BCUT2D eigenvalue weighted by molar-refractivity contribution is 5.96. The monoisotopic (exact) mass is 287 g/mol. The fourth-order valence-electron chi connectivity index (χ4n) is 3.50. The number of nitrogens with one attached hydrogen (secondary N) is 2. The summed E-state index contributed by atoms with van der Waals surface area (Å²) < 4.78 is 0. The van der Waals surface area contributed by atoms with Gasteiger partial charge in [-0.1, -0.05) is 19.8 Å². The van der Waals surface area contributed by atoms with E-state index in [1.54, 1.807) is 0 Å². The summed E-state index contributed by atoms with van der Waals surface area (Å²) in [7, 11) is 1.95. The summed E-state index contributed by atoms with van der Waals surface area (Å²) in [6.07, 6.45) is 4.80. The Bertz CT molecular complexity index is 529. The predicted molar refractivity (Wildman–Crippen MR) is 86.9 cm³/mol. The molecule has 1 aromatic carbocycles. The second-order valence-electron chi connectivity index (χ2n) is 6.46. The second kappa shape index (κ2) is 5.96. The first-order valence-corrected chi connectivity index (χ1v) is 8.04. The maximum Gasteiger partial charge on any atom is 0.253 e. The lowest BCUT2D eigenvalue weighted by Crippen LogP contribution is -2.39. The molecule has 1 aliphatic carbocycles. The summed E-state index contributed by atoms with van der Waals surface area (Å²) in [4.78, 5) is 14.7. The van der Waals surface area contributed by atoms with Gasteiger partial charge in [-0.2, -0.15) is 0 Å². The van der Waals surface area contributed by atoms with Gasteiger partial charge in [-0.3, -0.25) is 4.79 Å². The van der Waals surface area contributed by atoms with Crippen LogP contribution in [0.25, 0.3) is 0 Å². The van der Waals surface area contributed by atoms with Gasteiger partial charge in [0.25, 0.3) is 5.91 Å².